The van der Waals surface area contributed by atoms with Crippen LogP contribution in [0.25, 0.3) is 0 Å². The van der Waals surface area contributed by atoms with Crippen LogP contribution in [0.15, 0.2) is 0 Å². The van der Waals surface area contributed by atoms with Gasteiger partial charge in [-0.15, -0.1) is 0 Å². The molecular weight excluding hydrogens is 220 g/mol. The number of rotatable bonds is 4. The summed E-state index contributed by atoms with van der Waals surface area (Å²) >= 11 is 5.07. The Kier molecular flexibility index (Phi) is 3.94. The monoisotopic (exact) mass is 242 g/mol. The second kappa shape index (κ2) is 4.70. The number of carbonyl (C=O) groups is 1. The van der Waals surface area contributed by atoms with Crippen molar-refractivity contribution in [2.24, 2.45) is 23.0 Å². The number of carbonyl (C=O) groups excluding carboxylic acids is 1. The van der Waals surface area contributed by atoms with Crippen LogP contribution in [0.5, 0.6) is 0 Å². The maximum absolute atomic E-state index is 12.3. The molecule has 0 atom stereocenters. The molecule has 1 rings (SSSR count). The molecule has 0 heterocycles. The van der Waals surface area contributed by atoms with Crippen LogP contribution in [-0.2, 0) is 4.79 Å². The summed E-state index contributed by atoms with van der Waals surface area (Å²) in [6, 6.07) is 0. The summed E-state index contributed by atoms with van der Waals surface area (Å²) in [6.07, 6.45) is 1.62. The van der Waals surface area contributed by atoms with Gasteiger partial charge in [0.15, 0.2) is 0 Å². The number of hydrogen-bond acceptors (Lipinski definition) is 2. The van der Waals surface area contributed by atoms with Crippen LogP contribution >= 0.6 is 12.2 Å². The highest BCUT2D eigenvalue weighted by molar-refractivity contribution is 7.80. The van der Waals surface area contributed by atoms with Gasteiger partial charge in [0.2, 0.25) is 5.91 Å². The van der Waals surface area contributed by atoms with Crippen LogP contribution in [-0.4, -0.2) is 29.4 Å². The van der Waals surface area contributed by atoms with E-state index in [1.54, 1.807) is 4.90 Å². The summed E-state index contributed by atoms with van der Waals surface area (Å²) in [5, 5.41) is 0. The number of nitrogens with zero attached hydrogens (tertiary/aromatic N) is 1. The average Bonchev–Trinajstić information content (AvgIpc) is 2.09. The quantitative estimate of drug-likeness (QED) is 0.765. The summed E-state index contributed by atoms with van der Waals surface area (Å²) in [5.74, 6) is 1.12. The molecule has 0 spiro atoms. The molecule has 0 radical (unpaired) electrons. The molecule has 16 heavy (non-hydrogen) atoms. The predicted molar refractivity (Wildman–Crippen MR) is 70.1 cm³/mol. The Hall–Kier alpha value is -0.640. The number of amides is 1. The van der Waals surface area contributed by atoms with E-state index in [2.05, 4.69) is 20.8 Å². The van der Waals surface area contributed by atoms with Crippen LogP contribution in [0.3, 0.4) is 0 Å². The second-order valence-electron chi connectivity index (χ2n) is 5.54. The molecule has 0 aromatic heterocycles. The van der Waals surface area contributed by atoms with Crippen LogP contribution in [0.1, 0.15) is 33.6 Å². The normalized spacial score (nSPS) is 28.7. The van der Waals surface area contributed by atoms with Crippen LogP contribution in [0.4, 0.5) is 0 Å². The SMILES string of the molecule is CC(C)CN(C)C(=O)C1(C(N)=S)CC(C)C1. The lowest BCUT2D eigenvalue weighted by molar-refractivity contribution is -0.143. The third kappa shape index (κ3) is 2.37. The van der Waals surface area contributed by atoms with Gasteiger partial charge in [0.1, 0.15) is 0 Å². The maximum Gasteiger partial charge on any atom is 0.235 e. The first-order valence-electron chi connectivity index (χ1n) is 5.85. The summed E-state index contributed by atoms with van der Waals surface area (Å²) in [6.45, 7) is 7.09. The van der Waals surface area contributed by atoms with E-state index in [9.17, 15) is 4.79 Å². The highest BCUT2D eigenvalue weighted by atomic mass is 32.1. The molecule has 92 valence electrons. The zero-order valence-corrected chi connectivity index (χ0v) is 11.4. The largest absolute Gasteiger partial charge is 0.392 e. The fourth-order valence-corrected chi connectivity index (χ4v) is 2.86. The Labute approximate surface area is 103 Å². The van der Waals surface area contributed by atoms with Crippen molar-refractivity contribution in [3.8, 4) is 0 Å². The smallest absolute Gasteiger partial charge is 0.235 e. The van der Waals surface area contributed by atoms with Crippen LogP contribution in [0, 0.1) is 17.3 Å². The number of thiocarbonyl (C=S) groups is 1. The predicted octanol–water partition coefficient (Wildman–Crippen LogP) is 1.80. The summed E-state index contributed by atoms with van der Waals surface area (Å²) in [5.41, 5.74) is 5.21. The van der Waals surface area contributed by atoms with E-state index in [1.165, 1.54) is 0 Å². The van der Waals surface area contributed by atoms with Gasteiger partial charge in [0.25, 0.3) is 0 Å². The number of nitrogens with two attached hydrogens (primary N) is 1. The molecule has 2 N–H and O–H groups in total. The molecule has 1 amide bonds. The molecule has 3 nitrogen and oxygen atoms in total. The minimum Gasteiger partial charge on any atom is -0.392 e. The molecule has 0 saturated heterocycles. The average molecular weight is 242 g/mol. The van der Waals surface area contributed by atoms with Crippen LogP contribution < -0.4 is 5.73 Å². The third-order valence-electron chi connectivity index (χ3n) is 3.26. The van der Waals surface area contributed by atoms with Crippen molar-refractivity contribution in [3.63, 3.8) is 0 Å². The van der Waals surface area contributed by atoms with E-state index >= 15 is 0 Å². The van der Waals surface area contributed by atoms with Crippen molar-refractivity contribution in [3.05, 3.63) is 0 Å². The molecule has 1 fully saturated rings. The highest BCUT2D eigenvalue weighted by Gasteiger charge is 2.51. The van der Waals surface area contributed by atoms with Gasteiger partial charge in [0, 0.05) is 13.6 Å². The zero-order chi connectivity index (χ0) is 12.5. The van der Waals surface area contributed by atoms with E-state index in [1.807, 2.05) is 7.05 Å². The summed E-state index contributed by atoms with van der Waals surface area (Å²) in [4.78, 5) is 14.5. The van der Waals surface area contributed by atoms with Crippen LogP contribution in [0.2, 0.25) is 0 Å². The number of hydrogen-bond donors (Lipinski definition) is 1. The summed E-state index contributed by atoms with van der Waals surface area (Å²) in [7, 11) is 1.84. The molecule has 0 bridgehead atoms. The Bertz CT molecular complexity index is 295. The molecule has 4 heteroatoms. The molecule has 1 aliphatic rings. The molecular formula is C12H22N2OS. The summed E-state index contributed by atoms with van der Waals surface area (Å²) < 4.78 is 0. The Balaban J connectivity index is 2.74. The second-order valence-corrected chi connectivity index (χ2v) is 5.98. The van der Waals surface area contributed by atoms with Gasteiger partial charge >= 0.3 is 0 Å². The molecule has 0 aromatic carbocycles. The first kappa shape index (κ1) is 13.4. The highest BCUT2D eigenvalue weighted by Crippen LogP contribution is 2.47. The van der Waals surface area contributed by atoms with E-state index in [0.717, 1.165) is 19.4 Å². The van der Waals surface area contributed by atoms with E-state index in [0.29, 0.717) is 16.8 Å². The lowest BCUT2D eigenvalue weighted by atomic mass is 9.61. The fourth-order valence-electron chi connectivity index (χ4n) is 2.61. The van der Waals surface area contributed by atoms with Crippen molar-refractivity contribution in [1.82, 2.24) is 4.90 Å². The molecule has 0 aromatic rings. The van der Waals surface area contributed by atoms with Gasteiger partial charge in [-0.25, -0.2) is 0 Å². The minimum atomic E-state index is -0.543. The zero-order valence-electron chi connectivity index (χ0n) is 10.6. The van der Waals surface area contributed by atoms with Crippen molar-refractivity contribution >= 4 is 23.1 Å². The molecule has 1 aliphatic carbocycles. The van der Waals surface area contributed by atoms with Crippen molar-refractivity contribution in [1.29, 1.82) is 0 Å². The van der Waals surface area contributed by atoms with Crippen molar-refractivity contribution < 1.29 is 4.79 Å². The van der Waals surface area contributed by atoms with Gasteiger partial charge in [0.05, 0.1) is 10.4 Å². The maximum atomic E-state index is 12.3. The molecule has 0 aliphatic heterocycles. The Morgan fingerprint density at radius 2 is 2.06 bits per heavy atom. The minimum absolute atomic E-state index is 0.104. The first-order valence-corrected chi connectivity index (χ1v) is 6.26. The molecule has 0 unspecified atom stereocenters. The lowest BCUT2D eigenvalue weighted by Gasteiger charge is -2.46. The third-order valence-corrected chi connectivity index (χ3v) is 3.65. The van der Waals surface area contributed by atoms with Gasteiger partial charge in [-0.05, 0) is 24.7 Å². The van der Waals surface area contributed by atoms with Crippen molar-refractivity contribution in [2.75, 3.05) is 13.6 Å². The lowest BCUT2D eigenvalue weighted by Crippen LogP contribution is -2.56. The fraction of sp³-hybridized carbons (Fsp3) is 0.833. The Morgan fingerprint density at radius 3 is 2.38 bits per heavy atom. The van der Waals surface area contributed by atoms with E-state index in [4.69, 9.17) is 18.0 Å². The van der Waals surface area contributed by atoms with Gasteiger partial charge < -0.3 is 10.6 Å². The first-order chi connectivity index (χ1) is 7.29. The van der Waals surface area contributed by atoms with Gasteiger partial charge in [-0.3, -0.25) is 4.79 Å². The molecule has 1 saturated carbocycles. The van der Waals surface area contributed by atoms with Crippen molar-refractivity contribution in [2.45, 2.75) is 33.6 Å². The van der Waals surface area contributed by atoms with E-state index in [-0.39, 0.29) is 5.91 Å². The van der Waals surface area contributed by atoms with Gasteiger partial charge in [-0.2, -0.15) is 0 Å². The van der Waals surface area contributed by atoms with Gasteiger partial charge in [-0.1, -0.05) is 33.0 Å². The Morgan fingerprint density at radius 1 is 1.56 bits per heavy atom. The standard InChI is InChI=1S/C12H22N2OS/c1-8(2)7-14(4)11(15)12(10(13)16)5-9(3)6-12/h8-9H,5-7H2,1-4H3,(H2,13,16). The topological polar surface area (TPSA) is 46.3 Å². The van der Waals surface area contributed by atoms with E-state index < -0.39 is 5.41 Å².